The van der Waals surface area contributed by atoms with E-state index in [1.807, 2.05) is 47.0 Å². The van der Waals surface area contributed by atoms with Gasteiger partial charge in [-0.05, 0) is 132 Å². The van der Waals surface area contributed by atoms with Gasteiger partial charge in [0.15, 0.2) is 11.0 Å². The molecule has 0 spiro atoms. The first kappa shape index (κ1) is 27.6. The molecule has 0 saturated carbocycles. The number of hydrogen-bond donors (Lipinski definition) is 0. The van der Waals surface area contributed by atoms with E-state index in [-0.39, 0.29) is 82.6 Å². The van der Waals surface area contributed by atoms with Crippen molar-refractivity contribution < 1.29 is 67.4 Å². The number of ether oxygens (including phenoxy) is 1. The molecule has 0 fully saturated rings. The van der Waals surface area contributed by atoms with Gasteiger partial charge in [-0.15, -0.1) is 29.7 Å². The summed E-state index contributed by atoms with van der Waals surface area (Å²) in [5.41, 5.74) is -14.8. The van der Waals surface area contributed by atoms with Gasteiger partial charge in [-0.25, -0.2) is 9.55 Å². The van der Waals surface area contributed by atoms with Crippen LogP contribution in [0.25, 0.3) is 94.5 Å². The Morgan fingerprint density at radius 2 is 1.26 bits per heavy atom. The number of benzene rings is 8. The molecule has 8 aromatic carbocycles. The van der Waals surface area contributed by atoms with E-state index in [9.17, 15) is 19.2 Å². The molecule has 1 aliphatic heterocycles. The van der Waals surface area contributed by atoms with Gasteiger partial charge in [-0.1, -0.05) is 171 Å². The van der Waals surface area contributed by atoms with Gasteiger partial charge in [0.2, 0.25) is 0 Å². The van der Waals surface area contributed by atoms with E-state index in [1.54, 1.807) is 67.9 Å². The molecule has 76 heavy (non-hydrogen) atoms. The Hall–Kier alpha value is -7.33. The zero-order chi connectivity index (χ0) is 74.9. The summed E-state index contributed by atoms with van der Waals surface area (Å²) in [6, 6.07) is 23.6. The fraction of sp³-hybridized carbons (Fsp3) is 0.229. The van der Waals surface area contributed by atoms with E-state index in [0.717, 1.165) is 21.9 Å². The first-order chi connectivity index (χ1) is 47.1. The molecule has 5 nitrogen and oxygen atoms in total. The van der Waals surface area contributed by atoms with Gasteiger partial charge in [-0.2, -0.15) is 16.7 Å². The van der Waals surface area contributed by atoms with Crippen LogP contribution in [0, 0.1) is 12.1 Å². The van der Waals surface area contributed by atoms with E-state index in [4.69, 9.17) is 27.5 Å². The zero-order valence-electron chi connectivity index (χ0n) is 68.9. The summed E-state index contributed by atoms with van der Waals surface area (Å²) in [6.45, 7) is -6.25. The van der Waals surface area contributed by atoms with E-state index in [0.29, 0.717) is 11.3 Å². The maximum Gasteiger partial charge on any atom is 0.253 e. The predicted octanol–water partition coefficient (Wildman–Crippen LogP) is 17.7. The number of rotatable bonds is 5. The van der Waals surface area contributed by atoms with Gasteiger partial charge < -0.3 is 9.30 Å². The minimum Gasteiger partial charge on any atom is -0.509 e. The Morgan fingerprint density at radius 3 is 1.99 bits per heavy atom. The molecule has 0 atom stereocenters. The van der Waals surface area contributed by atoms with Crippen molar-refractivity contribution in [2.24, 2.45) is 0 Å². The summed E-state index contributed by atoms with van der Waals surface area (Å²) in [6.07, 6.45) is -6.17. The van der Waals surface area contributed by atoms with Gasteiger partial charge in [0.1, 0.15) is 11.5 Å². The summed E-state index contributed by atoms with van der Waals surface area (Å²) in [7, 11) is 0. The topological polar surface area (TPSA) is 35.9 Å². The molecule has 0 saturated heterocycles. The minimum atomic E-state index is -4.69. The normalized spacial score (nSPS) is 21.6. The van der Waals surface area contributed by atoms with Gasteiger partial charge in [0, 0.05) is 88.6 Å². The molecule has 13 rings (SSSR count). The van der Waals surface area contributed by atoms with Gasteiger partial charge in [-0.3, -0.25) is 0 Å². The zero-order valence-corrected chi connectivity index (χ0v) is 44.2. The van der Waals surface area contributed by atoms with Gasteiger partial charge in [0.05, 0.1) is 15.1 Å². The van der Waals surface area contributed by atoms with Crippen LogP contribution >= 0.6 is 0 Å². The second kappa shape index (κ2) is 17.9. The smallest absolute Gasteiger partial charge is 0.253 e. The average Bonchev–Trinajstić information content (AvgIpc) is 1.11. The van der Waals surface area contributed by atoms with Crippen LogP contribution < -0.4 is 9.30 Å². The SMILES string of the molecule is [2H]c1c([2H])c([2H])c2c(c1[2H])-c1cc(C(C)(C)C)cc(-c3c([2H])c([2H])c4c(c3[2H])C(C([2H])([2H])[2H])(C([2H])([2H])[2H])C([2H])([2H])C([2H])([2H])C4(C([2H])([2H])[2H])C([2H])([2H])[2H])c1-[n+]1cn(-c3[c-]c(Oc4[c-]c5c(cc4)c4ccccc4n5-c4cc(C(C)(C)C)ccn4)ccc3)c3cccc(c31)-c1c([2H])c([2H])c([2H])c([2H])c1-2.[Pt]. The van der Waals surface area contributed by atoms with Crippen molar-refractivity contribution in [3.63, 3.8) is 0 Å². The third-order valence-corrected chi connectivity index (χ3v) is 14.0. The molecular formula is C70H63N4OPt-. The maximum absolute atomic E-state index is 10.6. The molecule has 0 bridgehead atoms. The number of imidazole rings is 1. The van der Waals surface area contributed by atoms with Crippen molar-refractivity contribution in [1.29, 1.82) is 0 Å². The number of aromatic nitrogens is 4. The minimum absolute atomic E-state index is 0. The molecule has 4 heterocycles. The van der Waals surface area contributed by atoms with Crippen LogP contribution in [-0.2, 0) is 42.7 Å². The third kappa shape index (κ3) is 8.08. The number of nitrogens with zero attached hydrogens (tertiary/aromatic N) is 4. The van der Waals surface area contributed by atoms with E-state index < -0.39 is 162 Å². The van der Waals surface area contributed by atoms with Crippen molar-refractivity contribution in [2.45, 2.75) is 103 Å². The Bertz CT molecular complexity index is 5430. The molecule has 0 unspecified atom stereocenters. The summed E-state index contributed by atoms with van der Waals surface area (Å²) < 4.78 is 266. The molecule has 2 aliphatic rings. The Morgan fingerprint density at radius 1 is 0.618 bits per heavy atom. The summed E-state index contributed by atoms with van der Waals surface area (Å²) in [4.78, 5) is 4.80. The first-order valence-corrected chi connectivity index (χ1v) is 24.3. The first-order valence-electron chi connectivity index (χ1n) is 37.8. The van der Waals surface area contributed by atoms with Crippen LogP contribution in [0.15, 0.2) is 176 Å². The third-order valence-electron chi connectivity index (χ3n) is 14.0. The van der Waals surface area contributed by atoms with Gasteiger partial charge in [0.25, 0.3) is 6.33 Å². The largest absolute Gasteiger partial charge is 0.509 e. The van der Waals surface area contributed by atoms with Crippen LogP contribution in [0.2, 0.25) is 0 Å². The second-order valence-electron chi connectivity index (χ2n) is 21.0. The summed E-state index contributed by atoms with van der Waals surface area (Å²) >= 11 is 0. The van der Waals surface area contributed by atoms with Crippen molar-refractivity contribution in [1.82, 2.24) is 14.1 Å². The number of hydrogen-bond acceptors (Lipinski definition) is 2. The number of pyridine rings is 1. The molecule has 3 aromatic heterocycles. The molecule has 6 heteroatoms. The molecule has 0 N–H and O–H groups in total. The number of para-hydroxylation sites is 2. The molecule has 1 aliphatic carbocycles. The van der Waals surface area contributed by atoms with E-state index in [2.05, 4.69) is 32.9 Å². The summed E-state index contributed by atoms with van der Waals surface area (Å²) in [5, 5.41) is 1.76. The van der Waals surface area contributed by atoms with Crippen molar-refractivity contribution in [2.75, 3.05) is 0 Å². The maximum atomic E-state index is 10.6. The van der Waals surface area contributed by atoms with Crippen LogP contribution in [0.3, 0.4) is 0 Å². The number of fused-ring (bicyclic) bond motifs is 11. The van der Waals surface area contributed by atoms with Crippen LogP contribution in [0.4, 0.5) is 0 Å². The van der Waals surface area contributed by atoms with Crippen LogP contribution in [0.1, 0.15) is 141 Å². The monoisotopic (exact) mass is 1200 g/mol. The quantitative estimate of drug-likeness (QED) is 0.127. The Balaban J connectivity index is 0.00001000. The van der Waals surface area contributed by atoms with Crippen molar-refractivity contribution >= 4 is 32.8 Å². The van der Waals surface area contributed by atoms with Crippen molar-refractivity contribution in [3.05, 3.63) is 210 Å². The molecule has 0 amide bonds. The fourth-order valence-corrected chi connectivity index (χ4v) is 10.2. The van der Waals surface area contributed by atoms with Crippen molar-refractivity contribution in [3.8, 4) is 73.2 Å². The summed E-state index contributed by atoms with van der Waals surface area (Å²) in [5.74, 6) is 0.979. The standard InChI is InChI=1S/C70H63N4O.Pt/c1-67(2,3)45-33-36-71-64(40-45)74-61-27-16-15-25-54(61)55-31-30-49(42-63(55)74)75-48-20-17-19-47(41-48)72-43-73-65-57(44-29-32-59-60(37-44)70(9,10)35-34-69(59,7)8)38-46(68(4,5)6)39-58(65)53-24-14-12-22-51(53)50-21-11-13-23-52(50)56-26-18-28-62(72)66(56)73;/h11-33,36-40,43H,34-35H2,1-10H3;/q-1;/i7D3,8D3,9D3,10D3,11D,12D,13D,14D,21D,22D,23D,24D,29D,32D,34D2,35D2,37D;. The van der Waals surface area contributed by atoms with Gasteiger partial charge >= 0.3 is 0 Å². The fourth-order valence-electron chi connectivity index (χ4n) is 10.2. The Kier molecular flexibility index (Phi) is 6.50. The van der Waals surface area contributed by atoms with E-state index >= 15 is 0 Å². The second-order valence-corrected chi connectivity index (χ2v) is 21.0. The molecule has 11 aromatic rings. The van der Waals surface area contributed by atoms with Crippen LogP contribution in [0.5, 0.6) is 11.5 Å². The molecular weight excluding hydrogens is 1110 g/mol. The predicted molar refractivity (Wildman–Crippen MR) is 309 cm³/mol. The molecule has 380 valence electrons. The average molecular weight is 1200 g/mol. The Labute approximate surface area is 500 Å². The molecule has 0 radical (unpaired) electrons. The van der Waals surface area contributed by atoms with E-state index in [1.165, 1.54) is 29.1 Å². The van der Waals surface area contributed by atoms with Crippen LogP contribution in [-0.4, -0.2) is 14.1 Å².